The van der Waals surface area contributed by atoms with Gasteiger partial charge in [0.25, 0.3) is 5.91 Å². The van der Waals surface area contributed by atoms with Gasteiger partial charge in [0, 0.05) is 17.5 Å². The van der Waals surface area contributed by atoms with Crippen LogP contribution in [-0.4, -0.2) is 19.1 Å². The van der Waals surface area contributed by atoms with Gasteiger partial charge in [-0.3, -0.25) is 4.79 Å². The van der Waals surface area contributed by atoms with Gasteiger partial charge in [-0.2, -0.15) is 0 Å². The van der Waals surface area contributed by atoms with E-state index in [9.17, 15) is 4.79 Å². The van der Waals surface area contributed by atoms with Crippen molar-refractivity contribution in [3.05, 3.63) is 83.4 Å². The standard InChI is InChI=1S/C28H30N2O2/c1-4-17(2)29-28(31)23-14-8-12-21-20-11-7-13-22(20)27(30-26(21)23)25-19-10-6-5-9-18(19)15-16-24(25)32-3/h5-12,14-17,20,22,27,30H,4,13H2,1-3H3,(H,29,31). The smallest absolute Gasteiger partial charge is 0.253 e. The fourth-order valence-corrected chi connectivity index (χ4v) is 5.27. The molecule has 0 bridgehead atoms. The Morgan fingerprint density at radius 3 is 2.81 bits per heavy atom. The fraction of sp³-hybridized carbons (Fsp3) is 0.321. The molecule has 0 fully saturated rings. The monoisotopic (exact) mass is 426 g/mol. The van der Waals surface area contributed by atoms with Crippen molar-refractivity contribution in [3.8, 4) is 5.75 Å². The second kappa shape index (κ2) is 8.34. The van der Waals surface area contributed by atoms with Crippen molar-refractivity contribution in [1.29, 1.82) is 0 Å². The molecule has 3 aromatic carbocycles. The number of hydrogen-bond acceptors (Lipinski definition) is 3. The Morgan fingerprint density at radius 2 is 2.00 bits per heavy atom. The summed E-state index contributed by atoms with van der Waals surface area (Å²) in [5.41, 5.74) is 4.04. The highest BCUT2D eigenvalue weighted by Crippen LogP contribution is 2.53. The molecule has 1 amide bonds. The molecule has 32 heavy (non-hydrogen) atoms. The maximum atomic E-state index is 13.2. The molecule has 4 nitrogen and oxygen atoms in total. The van der Waals surface area contributed by atoms with Crippen LogP contribution in [-0.2, 0) is 0 Å². The lowest BCUT2D eigenvalue weighted by Crippen LogP contribution is -2.35. The molecule has 0 saturated heterocycles. The summed E-state index contributed by atoms with van der Waals surface area (Å²) < 4.78 is 5.85. The normalized spacial score (nSPS) is 22.0. The molecule has 2 aliphatic rings. The van der Waals surface area contributed by atoms with Gasteiger partial charge in [0.2, 0.25) is 0 Å². The number of nitrogens with one attached hydrogen (secondary N) is 2. The molecule has 164 valence electrons. The molecule has 5 rings (SSSR count). The maximum absolute atomic E-state index is 13.2. The first-order valence-corrected chi connectivity index (χ1v) is 11.5. The summed E-state index contributed by atoms with van der Waals surface area (Å²) >= 11 is 0. The molecule has 1 heterocycles. The van der Waals surface area contributed by atoms with Crippen LogP contribution < -0.4 is 15.4 Å². The highest BCUT2D eigenvalue weighted by atomic mass is 16.5. The molecular weight excluding hydrogens is 396 g/mol. The average Bonchev–Trinajstić information content (AvgIpc) is 3.32. The van der Waals surface area contributed by atoms with Gasteiger partial charge in [0.1, 0.15) is 5.75 Å². The topological polar surface area (TPSA) is 50.4 Å². The zero-order valence-electron chi connectivity index (χ0n) is 18.9. The first-order chi connectivity index (χ1) is 15.6. The Balaban J connectivity index is 1.66. The van der Waals surface area contributed by atoms with Gasteiger partial charge in [0.05, 0.1) is 24.4 Å². The fourth-order valence-electron chi connectivity index (χ4n) is 5.27. The number of carbonyl (C=O) groups excluding carboxylic acids is 1. The number of amides is 1. The van der Waals surface area contributed by atoms with E-state index in [0.29, 0.717) is 11.5 Å². The third-order valence-electron chi connectivity index (χ3n) is 7.09. The number of anilines is 1. The van der Waals surface area contributed by atoms with Crippen molar-refractivity contribution in [2.75, 3.05) is 12.4 Å². The van der Waals surface area contributed by atoms with Gasteiger partial charge in [0.15, 0.2) is 0 Å². The quantitative estimate of drug-likeness (QED) is 0.477. The van der Waals surface area contributed by atoms with Crippen molar-refractivity contribution >= 4 is 22.4 Å². The molecule has 0 radical (unpaired) electrons. The van der Waals surface area contributed by atoms with Crippen molar-refractivity contribution in [2.45, 2.75) is 44.7 Å². The number of methoxy groups -OCH3 is 1. The van der Waals surface area contributed by atoms with Crippen LogP contribution in [0.2, 0.25) is 0 Å². The third kappa shape index (κ3) is 3.35. The van der Waals surface area contributed by atoms with E-state index in [-0.39, 0.29) is 23.9 Å². The number of rotatable bonds is 5. The van der Waals surface area contributed by atoms with Gasteiger partial charge in [-0.1, -0.05) is 61.5 Å². The van der Waals surface area contributed by atoms with E-state index in [1.807, 2.05) is 19.1 Å². The molecule has 1 aliphatic heterocycles. The Morgan fingerprint density at radius 1 is 1.16 bits per heavy atom. The average molecular weight is 427 g/mol. The van der Waals surface area contributed by atoms with E-state index in [2.05, 4.69) is 72.2 Å². The first-order valence-electron chi connectivity index (χ1n) is 11.5. The molecule has 4 heteroatoms. The van der Waals surface area contributed by atoms with Gasteiger partial charge < -0.3 is 15.4 Å². The van der Waals surface area contributed by atoms with Crippen LogP contribution in [0.15, 0.2) is 66.7 Å². The van der Waals surface area contributed by atoms with Gasteiger partial charge in [-0.25, -0.2) is 0 Å². The van der Waals surface area contributed by atoms with Gasteiger partial charge in [-0.05, 0) is 54.2 Å². The highest BCUT2D eigenvalue weighted by molar-refractivity contribution is 6.01. The number of fused-ring (bicyclic) bond motifs is 4. The van der Waals surface area contributed by atoms with E-state index < -0.39 is 0 Å². The summed E-state index contributed by atoms with van der Waals surface area (Å²) in [5, 5.41) is 9.34. The predicted octanol–water partition coefficient (Wildman–Crippen LogP) is 6.20. The zero-order chi connectivity index (χ0) is 22.2. The number of para-hydroxylation sites is 1. The molecule has 4 unspecified atom stereocenters. The number of ether oxygens (including phenoxy) is 1. The minimum atomic E-state index is -0.0206. The van der Waals surface area contributed by atoms with Crippen LogP contribution in [0.1, 0.15) is 60.1 Å². The van der Waals surface area contributed by atoms with Crippen LogP contribution in [0.3, 0.4) is 0 Å². The van der Waals surface area contributed by atoms with Crippen molar-refractivity contribution in [1.82, 2.24) is 5.32 Å². The SMILES string of the molecule is CCC(C)NC(=O)c1cccc2c1NC(c1c(OC)ccc3ccccc13)C1CC=CC21. The molecular formula is C28H30N2O2. The summed E-state index contributed by atoms with van der Waals surface area (Å²) in [6, 6.07) is 18.9. The molecule has 0 saturated carbocycles. The number of carbonyl (C=O) groups is 1. The summed E-state index contributed by atoms with van der Waals surface area (Å²) in [4.78, 5) is 13.2. The van der Waals surface area contributed by atoms with Crippen LogP contribution >= 0.6 is 0 Å². The lowest BCUT2D eigenvalue weighted by atomic mass is 9.75. The molecule has 3 aromatic rings. The zero-order valence-corrected chi connectivity index (χ0v) is 18.9. The van der Waals surface area contributed by atoms with Crippen molar-refractivity contribution in [2.24, 2.45) is 5.92 Å². The largest absolute Gasteiger partial charge is 0.496 e. The number of benzene rings is 3. The van der Waals surface area contributed by atoms with E-state index in [1.165, 1.54) is 21.9 Å². The minimum Gasteiger partial charge on any atom is -0.496 e. The summed E-state index contributed by atoms with van der Waals surface area (Å²) in [6.07, 6.45) is 6.49. The minimum absolute atomic E-state index is 0.0206. The molecule has 2 N–H and O–H groups in total. The van der Waals surface area contributed by atoms with Gasteiger partial charge >= 0.3 is 0 Å². The summed E-state index contributed by atoms with van der Waals surface area (Å²) in [7, 11) is 1.74. The second-order valence-electron chi connectivity index (χ2n) is 8.93. The van der Waals surface area contributed by atoms with Crippen molar-refractivity contribution in [3.63, 3.8) is 0 Å². The Labute approximate surface area is 189 Å². The number of hydrogen-bond donors (Lipinski definition) is 2. The Kier molecular flexibility index (Phi) is 5.38. The van der Waals surface area contributed by atoms with Crippen molar-refractivity contribution < 1.29 is 9.53 Å². The molecule has 1 aliphatic carbocycles. The van der Waals surface area contributed by atoms with Crippen LogP contribution in [0.25, 0.3) is 10.8 Å². The second-order valence-corrected chi connectivity index (χ2v) is 8.93. The molecule has 0 spiro atoms. The summed E-state index contributed by atoms with van der Waals surface area (Å²) in [6.45, 7) is 4.13. The maximum Gasteiger partial charge on any atom is 0.253 e. The predicted molar refractivity (Wildman–Crippen MR) is 131 cm³/mol. The molecule has 4 atom stereocenters. The third-order valence-corrected chi connectivity index (χ3v) is 7.09. The van der Waals surface area contributed by atoms with Crippen LogP contribution in [0, 0.1) is 5.92 Å². The van der Waals surface area contributed by atoms with Crippen LogP contribution in [0.5, 0.6) is 5.75 Å². The lowest BCUT2D eigenvalue weighted by Gasteiger charge is -2.39. The van der Waals surface area contributed by atoms with Gasteiger partial charge in [-0.15, -0.1) is 0 Å². The lowest BCUT2D eigenvalue weighted by molar-refractivity contribution is 0.0939. The van der Waals surface area contributed by atoms with E-state index in [0.717, 1.165) is 24.3 Å². The Hall–Kier alpha value is -3.27. The first kappa shape index (κ1) is 20.6. The molecule has 0 aromatic heterocycles. The Bertz CT molecular complexity index is 1200. The van der Waals surface area contributed by atoms with Crippen LogP contribution in [0.4, 0.5) is 5.69 Å². The van der Waals surface area contributed by atoms with E-state index in [1.54, 1.807) is 7.11 Å². The number of allylic oxidation sites excluding steroid dienone is 2. The highest BCUT2D eigenvalue weighted by Gasteiger charge is 2.41. The van der Waals surface area contributed by atoms with E-state index >= 15 is 0 Å². The summed E-state index contributed by atoms with van der Waals surface area (Å²) in [5.74, 6) is 1.51. The van der Waals surface area contributed by atoms with E-state index in [4.69, 9.17) is 4.74 Å².